The molecule has 34 heavy (non-hydrogen) atoms. The number of hydroxylamine groups is 1. The quantitative estimate of drug-likeness (QED) is 0.450. The summed E-state index contributed by atoms with van der Waals surface area (Å²) in [4.78, 5) is 30.5. The third kappa shape index (κ3) is 4.82. The average Bonchev–Trinajstić information content (AvgIpc) is 2.89. The number of hydrogen-bond donors (Lipinski definition) is 2. The summed E-state index contributed by atoms with van der Waals surface area (Å²) in [6, 6.07) is 24.1. The molecule has 0 saturated heterocycles. The number of benzene rings is 3. The highest BCUT2D eigenvalue weighted by molar-refractivity contribution is 5.93. The SMILES string of the molecule is COc1ccc(C2(C(=O)O)CCCCC2c2ccc(C(=O)NOCc3ccccc3)cc2)cc1. The zero-order chi connectivity index (χ0) is 24.0. The first-order valence-electron chi connectivity index (χ1n) is 11.5. The lowest BCUT2D eigenvalue weighted by Gasteiger charge is -2.41. The number of ether oxygens (including phenoxy) is 1. The molecule has 0 bridgehead atoms. The number of carbonyl (C=O) groups excluding carboxylic acids is 1. The Hall–Kier alpha value is -3.64. The fourth-order valence-electron chi connectivity index (χ4n) is 4.92. The molecule has 0 aromatic heterocycles. The summed E-state index contributed by atoms with van der Waals surface area (Å²) in [6.45, 7) is 0.274. The predicted molar refractivity (Wildman–Crippen MR) is 129 cm³/mol. The van der Waals surface area contributed by atoms with Crippen LogP contribution in [0.4, 0.5) is 0 Å². The van der Waals surface area contributed by atoms with Crippen molar-refractivity contribution >= 4 is 11.9 Å². The van der Waals surface area contributed by atoms with E-state index < -0.39 is 11.4 Å². The summed E-state index contributed by atoms with van der Waals surface area (Å²) in [5.41, 5.74) is 4.56. The van der Waals surface area contributed by atoms with Crippen LogP contribution in [0.25, 0.3) is 0 Å². The molecule has 176 valence electrons. The van der Waals surface area contributed by atoms with Gasteiger partial charge in [0.25, 0.3) is 5.91 Å². The van der Waals surface area contributed by atoms with Gasteiger partial charge in [-0.2, -0.15) is 0 Å². The second-order valence-corrected chi connectivity index (χ2v) is 8.63. The standard InChI is InChI=1S/C28H29NO5/c1-33-24-16-14-23(15-17-24)28(27(31)32)18-6-5-9-25(28)21-10-12-22(13-11-21)26(30)29-34-19-20-7-3-2-4-8-20/h2-4,7-8,10-17,25H,5-6,9,18-19H2,1H3,(H,29,30)(H,31,32). The van der Waals surface area contributed by atoms with Crippen LogP contribution in [0.2, 0.25) is 0 Å². The van der Waals surface area contributed by atoms with Gasteiger partial charge >= 0.3 is 5.97 Å². The molecule has 1 amide bonds. The van der Waals surface area contributed by atoms with E-state index in [1.54, 1.807) is 19.2 Å². The fraction of sp³-hybridized carbons (Fsp3) is 0.286. The molecule has 1 saturated carbocycles. The van der Waals surface area contributed by atoms with Gasteiger partial charge < -0.3 is 9.84 Å². The van der Waals surface area contributed by atoms with Crippen molar-refractivity contribution in [3.05, 3.63) is 101 Å². The van der Waals surface area contributed by atoms with E-state index in [1.165, 1.54) is 0 Å². The van der Waals surface area contributed by atoms with Gasteiger partial charge in [-0.05, 0) is 53.8 Å². The number of methoxy groups -OCH3 is 1. The number of carbonyl (C=O) groups is 2. The minimum Gasteiger partial charge on any atom is -0.497 e. The van der Waals surface area contributed by atoms with Crippen molar-refractivity contribution in [1.29, 1.82) is 0 Å². The Labute approximate surface area is 199 Å². The summed E-state index contributed by atoms with van der Waals surface area (Å²) >= 11 is 0. The minimum atomic E-state index is -1.02. The van der Waals surface area contributed by atoms with Gasteiger partial charge in [0, 0.05) is 11.5 Å². The summed E-state index contributed by atoms with van der Waals surface area (Å²) in [7, 11) is 1.59. The molecule has 1 fully saturated rings. The number of aliphatic carboxylic acids is 1. The summed E-state index contributed by atoms with van der Waals surface area (Å²) in [5, 5.41) is 10.4. The van der Waals surface area contributed by atoms with E-state index >= 15 is 0 Å². The monoisotopic (exact) mass is 459 g/mol. The van der Waals surface area contributed by atoms with Crippen LogP contribution in [0, 0.1) is 0 Å². The van der Waals surface area contributed by atoms with E-state index in [4.69, 9.17) is 9.57 Å². The Morgan fingerprint density at radius 2 is 1.68 bits per heavy atom. The minimum absolute atomic E-state index is 0.196. The molecule has 1 aliphatic rings. The second kappa shape index (κ2) is 10.5. The zero-order valence-electron chi connectivity index (χ0n) is 19.2. The zero-order valence-corrected chi connectivity index (χ0v) is 19.2. The van der Waals surface area contributed by atoms with Crippen LogP contribution < -0.4 is 10.2 Å². The normalized spacial score (nSPS) is 19.9. The lowest BCUT2D eigenvalue weighted by molar-refractivity contribution is -0.146. The maximum absolute atomic E-state index is 12.7. The third-order valence-corrected chi connectivity index (χ3v) is 6.72. The van der Waals surface area contributed by atoms with Gasteiger partial charge in [0.1, 0.15) is 5.75 Å². The van der Waals surface area contributed by atoms with E-state index in [9.17, 15) is 14.7 Å². The van der Waals surface area contributed by atoms with E-state index in [0.29, 0.717) is 17.7 Å². The molecule has 3 aromatic rings. The summed E-state index contributed by atoms with van der Waals surface area (Å²) in [6.07, 6.45) is 3.15. The first kappa shape index (κ1) is 23.5. The van der Waals surface area contributed by atoms with Crippen molar-refractivity contribution in [2.75, 3.05) is 7.11 Å². The van der Waals surface area contributed by atoms with Crippen LogP contribution in [0.3, 0.4) is 0 Å². The Kier molecular flexibility index (Phi) is 7.28. The fourth-order valence-corrected chi connectivity index (χ4v) is 4.92. The van der Waals surface area contributed by atoms with E-state index in [1.807, 2.05) is 66.7 Å². The molecule has 2 unspecified atom stereocenters. The van der Waals surface area contributed by atoms with Crippen molar-refractivity contribution in [2.45, 2.75) is 43.6 Å². The van der Waals surface area contributed by atoms with Gasteiger partial charge in [-0.25, -0.2) is 5.48 Å². The van der Waals surface area contributed by atoms with Gasteiger partial charge in [0.05, 0.1) is 19.1 Å². The van der Waals surface area contributed by atoms with Gasteiger partial charge in [-0.15, -0.1) is 0 Å². The maximum atomic E-state index is 12.7. The van der Waals surface area contributed by atoms with E-state index in [0.717, 1.165) is 36.0 Å². The molecule has 1 aliphatic carbocycles. The first-order valence-corrected chi connectivity index (χ1v) is 11.5. The third-order valence-electron chi connectivity index (χ3n) is 6.72. The molecule has 0 spiro atoms. The number of nitrogens with one attached hydrogen (secondary N) is 1. The molecule has 4 rings (SSSR count). The molecule has 6 heteroatoms. The van der Waals surface area contributed by atoms with Crippen LogP contribution in [-0.2, 0) is 21.7 Å². The van der Waals surface area contributed by atoms with Crippen LogP contribution in [-0.4, -0.2) is 24.1 Å². The number of amides is 1. The molecule has 2 atom stereocenters. The van der Waals surface area contributed by atoms with Crippen molar-refractivity contribution in [1.82, 2.24) is 5.48 Å². The molecule has 6 nitrogen and oxygen atoms in total. The molecule has 2 N–H and O–H groups in total. The topological polar surface area (TPSA) is 84.9 Å². The van der Waals surface area contributed by atoms with Crippen molar-refractivity contribution in [2.24, 2.45) is 0 Å². The van der Waals surface area contributed by atoms with Crippen LogP contribution >= 0.6 is 0 Å². The number of hydrogen-bond acceptors (Lipinski definition) is 4. The predicted octanol–water partition coefficient (Wildman–Crippen LogP) is 5.24. The number of carboxylic acid groups (broad SMARTS) is 1. The molecule has 0 heterocycles. The van der Waals surface area contributed by atoms with Crippen LogP contribution in [0.15, 0.2) is 78.9 Å². The smallest absolute Gasteiger partial charge is 0.314 e. The van der Waals surface area contributed by atoms with Gasteiger partial charge in [0.2, 0.25) is 0 Å². The Balaban J connectivity index is 1.52. The largest absolute Gasteiger partial charge is 0.497 e. The molecular formula is C28H29NO5. The highest BCUT2D eigenvalue weighted by Crippen LogP contribution is 2.49. The Bertz CT molecular complexity index is 1110. The highest BCUT2D eigenvalue weighted by Gasteiger charge is 2.49. The van der Waals surface area contributed by atoms with Crippen molar-refractivity contribution < 1.29 is 24.3 Å². The Morgan fingerprint density at radius 3 is 2.32 bits per heavy atom. The number of carboxylic acids is 1. The van der Waals surface area contributed by atoms with E-state index in [-0.39, 0.29) is 18.4 Å². The summed E-state index contributed by atoms with van der Waals surface area (Å²) in [5.74, 6) is -0.663. The van der Waals surface area contributed by atoms with Crippen LogP contribution in [0.1, 0.15) is 58.6 Å². The molecule has 3 aromatic carbocycles. The van der Waals surface area contributed by atoms with Gasteiger partial charge in [-0.3, -0.25) is 14.4 Å². The summed E-state index contributed by atoms with van der Waals surface area (Å²) < 4.78 is 5.25. The first-order chi connectivity index (χ1) is 16.5. The molecular weight excluding hydrogens is 430 g/mol. The lowest BCUT2D eigenvalue weighted by atomic mass is 9.60. The van der Waals surface area contributed by atoms with Crippen molar-refractivity contribution in [3.63, 3.8) is 0 Å². The average molecular weight is 460 g/mol. The number of rotatable bonds is 8. The van der Waals surface area contributed by atoms with Crippen LogP contribution in [0.5, 0.6) is 5.75 Å². The van der Waals surface area contributed by atoms with Gasteiger partial charge in [0.15, 0.2) is 0 Å². The van der Waals surface area contributed by atoms with E-state index in [2.05, 4.69) is 5.48 Å². The van der Waals surface area contributed by atoms with Crippen molar-refractivity contribution in [3.8, 4) is 5.75 Å². The maximum Gasteiger partial charge on any atom is 0.314 e. The Morgan fingerprint density at radius 1 is 0.971 bits per heavy atom. The molecule has 0 aliphatic heterocycles. The lowest BCUT2D eigenvalue weighted by Crippen LogP contribution is -2.44. The highest BCUT2D eigenvalue weighted by atomic mass is 16.6. The molecule has 0 radical (unpaired) electrons. The van der Waals surface area contributed by atoms with Gasteiger partial charge in [-0.1, -0.05) is 67.4 Å². The second-order valence-electron chi connectivity index (χ2n) is 8.63.